The molecule has 0 fully saturated rings. The highest BCUT2D eigenvalue weighted by Crippen LogP contribution is 2.26. The van der Waals surface area contributed by atoms with Crippen molar-refractivity contribution < 1.29 is 14.7 Å². The maximum Gasteiger partial charge on any atom is 0.335 e. The van der Waals surface area contributed by atoms with Gasteiger partial charge in [0, 0.05) is 5.69 Å². The van der Waals surface area contributed by atoms with E-state index in [9.17, 15) is 9.59 Å². The topological polar surface area (TPSA) is 69.6 Å². The molecule has 3 aromatic carbocycles. The molecule has 0 saturated carbocycles. The van der Waals surface area contributed by atoms with Crippen molar-refractivity contribution in [2.45, 2.75) is 0 Å². The molecule has 0 aliphatic carbocycles. The van der Waals surface area contributed by atoms with Gasteiger partial charge in [-0.2, -0.15) is 0 Å². The van der Waals surface area contributed by atoms with E-state index in [2.05, 4.69) is 5.32 Å². The number of urea groups is 1. The lowest BCUT2D eigenvalue weighted by molar-refractivity contribution is 0.0697. The summed E-state index contributed by atoms with van der Waals surface area (Å²) in [6.45, 7) is 0. The summed E-state index contributed by atoms with van der Waals surface area (Å²) in [5, 5.41) is 11.8. The molecule has 0 atom stereocenters. The van der Waals surface area contributed by atoms with Gasteiger partial charge in [0.05, 0.1) is 16.9 Å². The minimum Gasteiger partial charge on any atom is -0.478 e. The zero-order valence-corrected chi connectivity index (χ0v) is 13.3. The zero-order chi connectivity index (χ0) is 17.6. The lowest BCUT2D eigenvalue weighted by Gasteiger charge is -2.23. The first-order valence-electron chi connectivity index (χ1n) is 7.70. The number of hydrogen-bond acceptors (Lipinski definition) is 2. The number of carboxylic acids is 1. The van der Waals surface area contributed by atoms with Crippen LogP contribution in [0.2, 0.25) is 0 Å². The fourth-order valence-electron chi connectivity index (χ4n) is 2.45. The number of rotatable bonds is 4. The van der Waals surface area contributed by atoms with E-state index in [1.807, 2.05) is 60.7 Å². The number of anilines is 3. The number of carboxylic acid groups (broad SMARTS) is 1. The fourth-order valence-corrected chi connectivity index (χ4v) is 2.45. The first-order valence-corrected chi connectivity index (χ1v) is 7.70. The molecule has 0 heterocycles. The predicted octanol–water partition coefficient (Wildman–Crippen LogP) is 4.76. The molecule has 0 unspecified atom stereocenters. The van der Waals surface area contributed by atoms with Crippen molar-refractivity contribution in [3.8, 4) is 0 Å². The van der Waals surface area contributed by atoms with Gasteiger partial charge in [-0.3, -0.25) is 4.90 Å². The summed E-state index contributed by atoms with van der Waals surface area (Å²) in [6, 6.07) is 24.3. The Kier molecular flexibility index (Phi) is 4.76. The van der Waals surface area contributed by atoms with Crippen LogP contribution in [-0.4, -0.2) is 17.1 Å². The van der Waals surface area contributed by atoms with Gasteiger partial charge in [-0.25, -0.2) is 9.59 Å². The number of para-hydroxylation sites is 2. The number of carbonyl (C=O) groups is 2. The molecule has 0 aliphatic heterocycles. The molecular weight excluding hydrogens is 316 g/mol. The largest absolute Gasteiger partial charge is 0.478 e. The fraction of sp³-hybridized carbons (Fsp3) is 0. The summed E-state index contributed by atoms with van der Waals surface area (Å²) in [5.41, 5.74) is 1.95. The second kappa shape index (κ2) is 7.31. The summed E-state index contributed by atoms with van der Waals surface area (Å²) in [5.74, 6) is -1.04. The summed E-state index contributed by atoms with van der Waals surface area (Å²) < 4.78 is 0. The van der Waals surface area contributed by atoms with Crippen LogP contribution in [-0.2, 0) is 0 Å². The quantitative estimate of drug-likeness (QED) is 0.724. The maximum atomic E-state index is 12.9. The van der Waals surface area contributed by atoms with Gasteiger partial charge in [-0.05, 0) is 42.5 Å². The minimum atomic E-state index is -1.04. The Hall–Kier alpha value is -3.60. The van der Waals surface area contributed by atoms with Gasteiger partial charge in [0.15, 0.2) is 0 Å². The van der Waals surface area contributed by atoms with Crippen LogP contribution in [0.5, 0.6) is 0 Å². The van der Waals surface area contributed by atoms with Gasteiger partial charge < -0.3 is 10.4 Å². The molecule has 3 rings (SSSR count). The van der Waals surface area contributed by atoms with E-state index >= 15 is 0 Å². The third kappa shape index (κ3) is 3.84. The molecule has 2 amide bonds. The molecule has 124 valence electrons. The van der Waals surface area contributed by atoms with Crippen LogP contribution >= 0.6 is 0 Å². The first-order chi connectivity index (χ1) is 12.1. The normalized spacial score (nSPS) is 10.1. The lowest BCUT2D eigenvalue weighted by Crippen LogP contribution is -2.30. The molecule has 0 spiro atoms. The second-order valence-electron chi connectivity index (χ2n) is 5.32. The standard InChI is InChI=1S/C20H16N2O3/c23-19(24)15-8-7-9-16(14-15)21-20(25)22(17-10-3-1-4-11-17)18-12-5-2-6-13-18/h1-14H,(H,21,25)(H,23,24). The van der Waals surface area contributed by atoms with Gasteiger partial charge in [0.2, 0.25) is 0 Å². The van der Waals surface area contributed by atoms with Gasteiger partial charge >= 0.3 is 12.0 Å². The average molecular weight is 332 g/mol. The third-order valence-corrected chi connectivity index (χ3v) is 3.59. The predicted molar refractivity (Wildman–Crippen MR) is 97.4 cm³/mol. The van der Waals surface area contributed by atoms with Crippen LogP contribution in [0, 0.1) is 0 Å². The molecule has 0 aromatic heterocycles. The van der Waals surface area contributed by atoms with Crippen molar-refractivity contribution in [1.82, 2.24) is 0 Å². The first kappa shape index (κ1) is 16.3. The average Bonchev–Trinajstić information content (AvgIpc) is 2.64. The van der Waals surface area contributed by atoms with Crippen molar-refractivity contribution in [3.63, 3.8) is 0 Å². The summed E-state index contributed by atoms with van der Waals surface area (Å²) in [4.78, 5) is 25.5. The summed E-state index contributed by atoms with van der Waals surface area (Å²) in [7, 11) is 0. The van der Waals surface area contributed by atoms with Gasteiger partial charge in [-0.15, -0.1) is 0 Å². The second-order valence-corrected chi connectivity index (χ2v) is 5.32. The number of carbonyl (C=O) groups excluding carboxylic acids is 1. The number of benzene rings is 3. The number of aromatic carboxylic acids is 1. The van der Waals surface area contributed by atoms with Crippen molar-refractivity contribution in [2.75, 3.05) is 10.2 Å². The van der Waals surface area contributed by atoms with Crippen LogP contribution in [0.3, 0.4) is 0 Å². The number of amides is 2. The van der Waals surface area contributed by atoms with Crippen LogP contribution in [0.1, 0.15) is 10.4 Å². The van der Waals surface area contributed by atoms with E-state index in [1.54, 1.807) is 12.1 Å². The lowest BCUT2D eigenvalue weighted by atomic mass is 10.2. The molecule has 25 heavy (non-hydrogen) atoms. The molecule has 0 saturated heterocycles. The summed E-state index contributed by atoms with van der Waals surface area (Å²) >= 11 is 0. The molecule has 3 aromatic rings. The third-order valence-electron chi connectivity index (χ3n) is 3.59. The molecule has 0 aliphatic rings. The Bertz CT molecular complexity index is 840. The van der Waals surface area contributed by atoms with Crippen molar-refractivity contribution >= 4 is 29.1 Å². The van der Waals surface area contributed by atoms with Crippen molar-refractivity contribution in [3.05, 3.63) is 90.5 Å². The Labute approximate surface area is 145 Å². The van der Waals surface area contributed by atoms with Crippen molar-refractivity contribution in [1.29, 1.82) is 0 Å². The van der Waals surface area contributed by atoms with Crippen LogP contribution < -0.4 is 10.2 Å². The molecule has 5 heteroatoms. The van der Waals surface area contributed by atoms with Gasteiger partial charge in [0.1, 0.15) is 0 Å². The van der Waals surface area contributed by atoms with Gasteiger partial charge in [-0.1, -0.05) is 42.5 Å². The number of hydrogen-bond donors (Lipinski definition) is 2. The highest BCUT2D eigenvalue weighted by atomic mass is 16.4. The van der Waals surface area contributed by atoms with E-state index in [-0.39, 0.29) is 11.6 Å². The van der Waals surface area contributed by atoms with E-state index in [0.29, 0.717) is 17.1 Å². The molecule has 0 radical (unpaired) electrons. The Morgan fingerprint density at radius 1 is 0.760 bits per heavy atom. The molecular formula is C20H16N2O3. The van der Waals surface area contributed by atoms with E-state index < -0.39 is 5.97 Å². The van der Waals surface area contributed by atoms with Crippen molar-refractivity contribution in [2.24, 2.45) is 0 Å². The minimum absolute atomic E-state index is 0.115. The SMILES string of the molecule is O=C(O)c1cccc(NC(=O)N(c2ccccc2)c2ccccc2)c1. The smallest absolute Gasteiger partial charge is 0.335 e. The highest BCUT2D eigenvalue weighted by molar-refractivity contribution is 6.07. The number of nitrogens with zero attached hydrogens (tertiary/aromatic N) is 1. The van der Waals surface area contributed by atoms with Gasteiger partial charge in [0.25, 0.3) is 0 Å². The molecule has 0 bridgehead atoms. The Morgan fingerprint density at radius 3 is 1.84 bits per heavy atom. The Morgan fingerprint density at radius 2 is 1.32 bits per heavy atom. The zero-order valence-electron chi connectivity index (χ0n) is 13.3. The van der Waals surface area contributed by atoms with E-state index in [4.69, 9.17) is 5.11 Å². The number of nitrogens with one attached hydrogen (secondary N) is 1. The monoisotopic (exact) mass is 332 g/mol. The summed E-state index contributed by atoms with van der Waals surface area (Å²) in [6.07, 6.45) is 0. The van der Waals surface area contributed by atoms with Crippen LogP contribution in [0.25, 0.3) is 0 Å². The Balaban J connectivity index is 1.93. The van der Waals surface area contributed by atoms with Crippen LogP contribution in [0.15, 0.2) is 84.9 Å². The van der Waals surface area contributed by atoms with E-state index in [1.165, 1.54) is 17.0 Å². The molecule has 5 nitrogen and oxygen atoms in total. The van der Waals surface area contributed by atoms with E-state index in [0.717, 1.165) is 0 Å². The van der Waals surface area contributed by atoms with Crippen LogP contribution in [0.4, 0.5) is 21.9 Å². The maximum absolute atomic E-state index is 12.9. The molecule has 2 N–H and O–H groups in total. The highest BCUT2D eigenvalue weighted by Gasteiger charge is 2.18.